The van der Waals surface area contributed by atoms with Crippen LogP contribution in [0.3, 0.4) is 0 Å². The van der Waals surface area contributed by atoms with Crippen LogP contribution in [0.2, 0.25) is 0 Å². The van der Waals surface area contributed by atoms with E-state index in [1.165, 1.54) is 12.1 Å². The summed E-state index contributed by atoms with van der Waals surface area (Å²) in [5.41, 5.74) is 2.31. The number of nitrogens with zero attached hydrogens (tertiary/aromatic N) is 1. The second-order valence-electron chi connectivity index (χ2n) is 6.49. The molecule has 0 bridgehead atoms. The van der Waals surface area contributed by atoms with Crippen molar-refractivity contribution in [1.82, 2.24) is 4.57 Å². The van der Waals surface area contributed by atoms with Crippen LogP contribution < -0.4 is 0 Å². The molecule has 0 radical (unpaired) electrons. The highest BCUT2D eigenvalue weighted by molar-refractivity contribution is 7.59. The molecule has 0 spiro atoms. The minimum atomic E-state index is -4.27. The molecule has 2 aromatic carbocycles. The van der Waals surface area contributed by atoms with E-state index in [0.717, 1.165) is 10.9 Å². The number of rotatable bonds is 5. The number of Topliss-reactive ketones (excluding diaryl/α,β-unsaturated/α-hetero) is 1. The van der Waals surface area contributed by atoms with Gasteiger partial charge in [0.05, 0.1) is 5.69 Å². The lowest BCUT2D eigenvalue weighted by Crippen LogP contribution is -2.17. The fourth-order valence-electron chi connectivity index (χ4n) is 3.25. The van der Waals surface area contributed by atoms with E-state index in [1.54, 1.807) is 12.1 Å². The van der Waals surface area contributed by atoms with Crippen molar-refractivity contribution in [3.05, 3.63) is 60.0 Å². The molecular formula is C19H20FNO4P+. The van der Waals surface area contributed by atoms with E-state index in [0.29, 0.717) is 11.1 Å². The molecule has 3 aromatic rings. The first-order valence-electron chi connectivity index (χ1n) is 8.17. The number of benzene rings is 2. The molecule has 3 rings (SSSR count). The van der Waals surface area contributed by atoms with Crippen LogP contribution in [0.4, 0.5) is 4.39 Å². The quantitative estimate of drug-likeness (QED) is 0.465. The van der Waals surface area contributed by atoms with E-state index >= 15 is 0 Å². The van der Waals surface area contributed by atoms with E-state index in [4.69, 9.17) is 0 Å². The van der Waals surface area contributed by atoms with Crippen molar-refractivity contribution in [2.75, 3.05) is 6.16 Å². The van der Waals surface area contributed by atoms with Gasteiger partial charge < -0.3 is 4.57 Å². The van der Waals surface area contributed by atoms with Crippen molar-refractivity contribution >= 4 is 24.6 Å². The zero-order chi connectivity index (χ0) is 19.1. The molecule has 0 aliphatic rings. The third-order valence-electron chi connectivity index (χ3n) is 4.18. The van der Waals surface area contributed by atoms with Gasteiger partial charge in [-0.1, -0.05) is 30.3 Å². The van der Waals surface area contributed by atoms with Gasteiger partial charge in [-0.15, -0.1) is 0 Å². The largest absolute Gasteiger partial charge is 0.411 e. The maximum atomic E-state index is 13.4. The molecule has 0 aliphatic heterocycles. The van der Waals surface area contributed by atoms with E-state index < -0.39 is 19.9 Å². The first-order chi connectivity index (χ1) is 12.2. The Balaban J connectivity index is 2.35. The SMILES string of the molecule is CC(C)n1c(C(=O)C[P+](O)(O)O)c(-c2ccc(F)cc2)c2ccccc21. The Morgan fingerprint density at radius 2 is 1.69 bits per heavy atom. The smallest absolute Gasteiger partial charge is 0.335 e. The Morgan fingerprint density at radius 1 is 1.08 bits per heavy atom. The van der Waals surface area contributed by atoms with Crippen LogP contribution in [-0.4, -0.2) is 31.2 Å². The number of carbonyl (C=O) groups excluding carboxylic acids is 1. The monoisotopic (exact) mass is 376 g/mol. The highest BCUT2D eigenvalue weighted by Gasteiger charge is 2.37. The third-order valence-corrected chi connectivity index (χ3v) is 4.89. The van der Waals surface area contributed by atoms with Gasteiger partial charge in [0.25, 0.3) is 0 Å². The molecule has 0 fully saturated rings. The Labute approximate surface area is 150 Å². The normalized spacial score (nSPS) is 12.1. The van der Waals surface area contributed by atoms with Gasteiger partial charge >= 0.3 is 7.94 Å². The molecule has 0 saturated heterocycles. The van der Waals surface area contributed by atoms with Crippen LogP contribution in [0.5, 0.6) is 0 Å². The van der Waals surface area contributed by atoms with E-state index in [-0.39, 0.29) is 17.6 Å². The average molecular weight is 376 g/mol. The summed E-state index contributed by atoms with van der Waals surface area (Å²) in [5, 5.41) is 0.800. The maximum Gasteiger partial charge on any atom is 0.411 e. The Kier molecular flexibility index (Phi) is 4.95. The molecule has 136 valence electrons. The highest BCUT2D eigenvalue weighted by Crippen LogP contribution is 2.46. The number of carbonyl (C=O) groups is 1. The predicted molar refractivity (Wildman–Crippen MR) is 100 cm³/mol. The lowest BCUT2D eigenvalue weighted by molar-refractivity contribution is 0.0999. The predicted octanol–water partition coefficient (Wildman–Crippen LogP) is 3.95. The molecule has 3 N–H and O–H groups in total. The van der Waals surface area contributed by atoms with Crippen molar-refractivity contribution < 1.29 is 23.9 Å². The maximum absolute atomic E-state index is 13.4. The number of para-hydroxylation sites is 1. The zero-order valence-corrected chi connectivity index (χ0v) is 15.3. The molecule has 26 heavy (non-hydrogen) atoms. The lowest BCUT2D eigenvalue weighted by Gasteiger charge is -2.15. The van der Waals surface area contributed by atoms with Crippen molar-refractivity contribution in [1.29, 1.82) is 0 Å². The molecule has 1 heterocycles. The average Bonchev–Trinajstić information content (AvgIpc) is 2.89. The first kappa shape index (κ1) is 18.7. The molecule has 0 atom stereocenters. The van der Waals surface area contributed by atoms with Crippen LogP contribution in [0.25, 0.3) is 22.0 Å². The van der Waals surface area contributed by atoms with Crippen molar-refractivity contribution in [2.24, 2.45) is 0 Å². The topological polar surface area (TPSA) is 82.7 Å². The summed E-state index contributed by atoms with van der Waals surface area (Å²) in [5.74, 6) is -0.963. The van der Waals surface area contributed by atoms with Crippen molar-refractivity contribution in [3.8, 4) is 11.1 Å². The Hall–Kier alpha value is -2.11. The van der Waals surface area contributed by atoms with Crippen LogP contribution >= 0.6 is 7.94 Å². The van der Waals surface area contributed by atoms with Gasteiger partial charge in [0, 0.05) is 22.5 Å². The highest BCUT2D eigenvalue weighted by atomic mass is 31.2. The van der Waals surface area contributed by atoms with E-state index in [9.17, 15) is 23.9 Å². The number of aromatic nitrogens is 1. The van der Waals surface area contributed by atoms with Crippen LogP contribution in [0.1, 0.15) is 30.4 Å². The van der Waals surface area contributed by atoms with Gasteiger partial charge in [-0.05, 0) is 37.6 Å². The van der Waals surface area contributed by atoms with Gasteiger partial charge in [0.1, 0.15) is 5.82 Å². The molecule has 7 heteroatoms. The molecule has 1 aromatic heterocycles. The third kappa shape index (κ3) is 3.55. The molecule has 5 nitrogen and oxygen atoms in total. The Bertz CT molecular complexity index is 958. The van der Waals surface area contributed by atoms with Gasteiger partial charge in [-0.25, -0.2) is 4.39 Å². The fourth-order valence-corrected chi connectivity index (χ4v) is 3.79. The zero-order valence-electron chi connectivity index (χ0n) is 14.4. The van der Waals surface area contributed by atoms with Gasteiger partial charge in [0.2, 0.25) is 11.9 Å². The number of ketones is 1. The second kappa shape index (κ2) is 6.89. The summed E-state index contributed by atoms with van der Waals surface area (Å²) in [7, 11) is -4.27. The fraction of sp³-hybridized carbons (Fsp3) is 0.211. The standard InChI is InChI=1S/C19H20FNO4P/c1-12(2)21-16-6-4-3-5-15(16)18(13-7-9-14(20)10-8-13)19(21)17(22)11-26(23,24)25/h3-10,12,23-25H,11H2,1-2H3/q+1. The van der Waals surface area contributed by atoms with E-state index in [1.807, 2.05) is 42.7 Å². The van der Waals surface area contributed by atoms with E-state index in [2.05, 4.69) is 0 Å². The second-order valence-corrected chi connectivity index (χ2v) is 8.19. The first-order valence-corrected chi connectivity index (χ1v) is 10.0. The van der Waals surface area contributed by atoms with Crippen LogP contribution in [0.15, 0.2) is 48.5 Å². The minimum absolute atomic E-state index is 0.0862. The summed E-state index contributed by atoms with van der Waals surface area (Å²) < 4.78 is 15.2. The molecule has 0 unspecified atom stereocenters. The molecule has 0 aliphatic carbocycles. The molecule has 0 saturated carbocycles. The number of fused-ring (bicyclic) bond motifs is 1. The Morgan fingerprint density at radius 3 is 2.27 bits per heavy atom. The summed E-state index contributed by atoms with van der Waals surface area (Å²) in [4.78, 5) is 41.1. The molecular weight excluding hydrogens is 356 g/mol. The van der Waals surface area contributed by atoms with Gasteiger partial charge in [-0.2, -0.15) is 14.7 Å². The van der Waals surface area contributed by atoms with Crippen molar-refractivity contribution in [2.45, 2.75) is 19.9 Å². The summed E-state index contributed by atoms with van der Waals surface area (Å²) in [6, 6.07) is 13.1. The van der Waals surface area contributed by atoms with Gasteiger partial charge in [-0.3, -0.25) is 4.79 Å². The van der Waals surface area contributed by atoms with Crippen LogP contribution in [0, 0.1) is 5.82 Å². The summed E-state index contributed by atoms with van der Waals surface area (Å²) in [6.45, 7) is 3.83. The van der Waals surface area contributed by atoms with Gasteiger partial charge in [0.15, 0.2) is 0 Å². The number of hydrogen-bond acceptors (Lipinski definition) is 4. The summed E-state index contributed by atoms with van der Waals surface area (Å²) in [6.07, 6.45) is -0.760. The number of halogens is 1. The minimum Gasteiger partial charge on any atom is -0.335 e. The lowest BCUT2D eigenvalue weighted by atomic mass is 10.0. The molecule has 0 amide bonds. The summed E-state index contributed by atoms with van der Waals surface area (Å²) >= 11 is 0. The van der Waals surface area contributed by atoms with Crippen molar-refractivity contribution in [3.63, 3.8) is 0 Å². The van der Waals surface area contributed by atoms with Crippen LogP contribution in [-0.2, 0) is 0 Å². The number of hydrogen-bond donors (Lipinski definition) is 3.